The van der Waals surface area contributed by atoms with E-state index in [2.05, 4.69) is 10.6 Å². The van der Waals surface area contributed by atoms with Gasteiger partial charge in [-0.25, -0.2) is 4.79 Å². The zero-order chi connectivity index (χ0) is 17.1. The van der Waals surface area contributed by atoms with Crippen LogP contribution in [0.4, 0.5) is 16.2 Å². The Kier molecular flexibility index (Phi) is 4.51. The highest BCUT2D eigenvalue weighted by Crippen LogP contribution is 2.21. The molecule has 1 heterocycles. The number of hydrogen-bond acceptors (Lipinski definition) is 2. The molecule has 1 unspecified atom stereocenters. The number of rotatable bonds is 3. The summed E-state index contributed by atoms with van der Waals surface area (Å²) in [5.74, 6) is -0.0727. The molecule has 2 aromatic carbocycles. The third-order valence-electron chi connectivity index (χ3n) is 4.34. The third kappa shape index (κ3) is 3.40. The largest absolute Gasteiger partial charge is 0.326 e. The van der Waals surface area contributed by atoms with Crippen molar-refractivity contribution in [2.75, 3.05) is 16.8 Å². The number of nitrogens with one attached hydrogen (secondary N) is 2. The van der Waals surface area contributed by atoms with Gasteiger partial charge < -0.3 is 15.5 Å². The summed E-state index contributed by atoms with van der Waals surface area (Å²) in [6.07, 6.45) is 0.605. The highest BCUT2D eigenvalue weighted by molar-refractivity contribution is 6.02. The molecule has 3 amide bonds. The maximum Gasteiger partial charge on any atom is 0.319 e. The maximum atomic E-state index is 12.5. The first kappa shape index (κ1) is 16.1. The van der Waals surface area contributed by atoms with Crippen molar-refractivity contribution in [3.8, 4) is 0 Å². The number of carbonyl (C=O) groups excluding carboxylic acids is 2. The van der Waals surface area contributed by atoms with E-state index in [0.717, 1.165) is 16.9 Å². The average Bonchev–Trinajstić information content (AvgIpc) is 2.92. The van der Waals surface area contributed by atoms with Crippen molar-refractivity contribution in [1.82, 2.24) is 5.32 Å². The minimum absolute atomic E-state index is 0.0727. The number of anilines is 2. The van der Waals surface area contributed by atoms with E-state index in [-0.39, 0.29) is 11.9 Å². The molecule has 0 aliphatic carbocycles. The van der Waals surface area contributed by atoms with Gasteiger partial charge in [-0.3, -0.25) is 4.79 Å². The fourth-order valence-corrected chi connectivity index (χ4v) is 2.82. The van der Waals surface area contributed by atoms with E-state index >= 15 is 0 Å². The van der Waals surface area contributed by atoms with Crippen LogP contribution in [0.5, 0.6) is 0 Å². The molecule has 2 aromatic rings. The van der Waals surface area contributed by atoms with Crippen molar-refractivity contribution < 1.29 is 9.59 Å². The second kappa shape index (κ2) is 6.74. The van der Waals surface area contributed by atoms with E-state index in [1.807, 2.05) is 62.4 Å². The monoisotopic (exact) mass is 323 g/mol. The lowest BCUT2D eigenvalue weighted by Gasteiger charge is -2.17. The summed E-state index contributed by atoms with van der Waals surface area (Å²) in [6, 6.07) is 14.4. The summed E-state index contributed by atoms with van der Waals surface area (Å²) in [5, 5.41) is 5.56. The summed E-state index contributed by atoms with van der Waals surface area (Å²) in [7, 11) is 0. The normalized spacial score (nSPS) is 17.0. The van der Waals surface area contributed by atoms with Crippen molar-refractivity contribution in [1.29, 1.82) is 0 Å². The molecule has 0 aromatic heterocycles. The van der Waals surface area contributed by atoms with Crippen molar-refractivity contribution in [3.05, 3.63) is 59.7 Å². The van der Waals surface area contributed by atoms with Crippen molar-refractivity contribution in [3.63, 3.8) is 0 Å². The van der Waals surface area contributed by atoms with Gasteiger partial charge in [0, 0.05) is 17.9 Å². The van der Waals surface area contributed by atoms with Crippen LogP contribution < -0.4 is 15.5 Å². The summed E-state index contributed by atoms with van der Waals surface area (Å²) in [5.41, 5.74) is 3.87. The topological polar surface area (TPSA) is 61.4 Å². The molecule has 1 fully saturated rings. The summed E-state index contributed by atoms with van der Waals surface area (Å²) in [4.78, 5) is 26.3. The molecule has 5 nitrogen and oxygen atoms in total. The predicted molar refractivity (Wildman–Crippen MR) is 95.3 cm³/mol. The molecular formula is C19H21N3O2. The maximum absolute atomic E-state index is 12.5. The van der Waals surface area contributed by atoms with E-state index in [1.165, 1.54) is 5.56 Å². The number of para-hydroxylation sites is 1. The van der Waals surface area contributed by atoms with E-state index < -0.39 is 6.04 Å². The van der Waals surface area contributed by atoms with Crippen molar-refractivity contribution in [2.24, 2.45) is 0 Å². The molecule has 124 valence electrons. The first-order valence-corrected chi connectivity index (χ1v) is 8.06. The summed E-state index contributed by atoms with van der Waals surface area (Å²) in [6.45, 7) is 4.63. The summed E-state index contributed by atoms with van der Waals surface area (Å²) < 4.78 is 0. The van der Waals surface area contributed by atoms with Crippen LogP contribution in [-0.2, 0) is 4.79 Å². The van der Waals surface area contributed by atoms with E-state index in [4.69, 9.17) is 0 Å². The molecule has 0 spiro atoms. The number of amides is 3. The lowest BCUT2D eigenvalue weighted by atomic mass is 10.1. The van der Waals surface area contributed by atoms with Crippen LogP contribution in [0.3, 0.4) is 0 Å². The third-order valence-corrected chi connectivity index (χ3v) is 4.34. The molecule has 24 heavy (non-hydrogen) atoms. The molecular weight excluding hydrogens is 302 g/mol. The number of hydrogen-bond donors (Lipinski definition) is 2. The van der Waals surface area contributed by atoms with Crippen LogP contribution >= 0.6 is 0 Å². The van der Waals surface area contributed by atoms with Gasteiger partial charge in [-0.15, -0.1) is 0 Å². The highest BCUT2D eigenvalue weighted by atomic mass is 16.2. The molecule has 2 N–H and O–H groups in total. The molecule has 5 heteroatoms. The number of nitrogens with zero attached hydrogens (tertiary/aromatic N) is 1. The molecule has 0 saturated carbocycles. The van der Waals surface area contributed by atoms with Crippen LogP contribution in [0.15, 0.2) is 48.5 Å². The van der Waals surface area contributed by atoms with Gasteiger partial charge in [-0.05, 0) is 55.7 Å². The van der Waals surface area contributed by atoms with Crippen LogP contribution in [-0.4, -0.2) is 24.5 Å². The lowest BCUT2D eigenvalue weighted by Crippen LogP contribution is -2.43. The van der Waals surface area contributed by atoms with E-state index in [1.54, 1.807) is 4.90 Å². The molecule has 3 rings (SSSR count). The van der Waals surface area contributed by atoms with E-state index in [0.29, 0.717) is 13.0 Å². The van der Waals surface area contributed by atoms with Crippen LogP contribution in [0.2, 0.25) is 0 Å². The van der Waals surface area contributed by atoms with Gasteiger partial charge in [-0.2, -0.15) is 0 Å². The van der Waals surface area contributed by atoms with Gasteiger partial charge in [0.1, 0.15) is 6.04 Å². The Morgan fingerprint density at radius 2 is 1.83 bits per heavy atom. The Morgan fingerprint density at radius 1 is 1.08 bits per heavy atom. The van der Waals surface area contributed by atoms with Crippen molar-refractivity contribution >= 4 is 23.3 Å². The minimum atomic E-state index is -0.489. The smallest absolute Gasteiger partial charge is 0.319 e. The van der Waals surface area contributed by atoms with Crippen LogP contribution in [0.25, 0.3) is 0 Å². The Morgan fingerprint density at radius 3 is 2.54 bits per heavy atom. The van der Waals surface area contributed by atoms with Crippen LogP contribution in [0.1, 0.15) is 17.5 Å². The molecule has 1 saturated heterocycles. The number of benzene rings is 2. The predicted octanol–water partition coefficient (Wildman–Crippen LogP) is 3.23. The molecule has 0 bridgehead atoms. The zero-order valence-corrected chi connectivity index (χ0v) is 13.9. The van der Waals surface area contributed by atoms with Crippen molar-refractivity contribution in [2.45, 2.75) is 26.3 Å². The first-order valence-electron chi connectivity index (χ1n) is 8.06. The molecule has 1 aliphatic heterocycles. The van der Waals surface area contributed by atoms with Gasteiger partial charge in [0.2, 0.25) is 5.91 Å². The van der Waals surface area contributed by atoms with Gasteiger partial charge >= 0.3 is 6.03 Å². The van der Waals surface area contributed by atoms with Crippen LogP contribution in [0, 0.1) is 13.8 Å². The Balaban J connectivity index is 1.61. The van der Waals surface area contributed by atoms with E-state index in [9.17, 15) is 9.59 Å². The second-order valence-corrected chi connectivity index (χ2v) is 6.06. The van der Waals surface area contributed by atoms with Gasteiger partial charge in [-0.1, -0.05) is 24.3 Å². The number of carbonyl (C=O) groups is 2. The second-order valence-electron chi connectivity index (χ2n) is 6.06. The van der Waals surface area contributed by atoms with Gasteiger partial charge in [0.25, 0.3) is 0 Å². The fourth-order valence-electron chi connectivity index (χ4n) is 2.82. The standard InChI is InChI=1S/C19H21N3O2/c1-13-8-9-15(12-14(13)2)20-19(24)21-17-10-11-22(18(17)23)16-6-4-3-5-7-16/h3-9,12,17H,10-11H2,1-2H3,(H2,20,21,24). The first-order chi connectivity index (χ1) is 11.5. The average molecular weight is 323 g/mol. The quantitative estimate of drug-likeness (QED) is 0.911. The van der Waals surface area contributed by atoms with Gasteiger partial charge in [0.15, 0.2) is 0 Å². The fraction of sp³-hybridized carbons (Fsp3) is 0.263. The Labute approximate surface area is 141 Å². The SMILES string of the molecule is Cc1ccc(NC(=O)NC2CCN(c3ccccc3)C2=O)cc1C. The number of urea groups is 1. The Bertz CT molecular complexity index is 758. The Hall–Kier alpha value is -2.82. The molecule has 1 atom stereocenters. The lowest BCUT2D eigenvalue weighted by molar-refractivity contribution is -0.118. The zero-order valence-electron chi connectivity index (χ0n) is 13.9. The molecule has 1 aliphatic rings. The highest BCUT2D eigenvalue weighted by Gasteiger charge is 2.33. The summed E-state index contributed by atoms with van der Waals surface area (Å²) >= 11 is 0. The minimum Gasteiger partial charge on any atom is -0.326 e. The number of aryl methyl sites for hydroxylation is 2. The van der Waals surface area contributed by atoms with Gasteiger partial charge in [0.05, 0.1) is 0 Å². The molecule has 0 radical (unpaired) electrons.